The van der Waals surface area contributed by atoms with Gasteiger partial charge in [-0.3, -0.25) is 24.4 Å². The SMILES string of the molecule is CCOC(=O)C(=O)N(Cc1ccccc1)Cc1ncccc1Cl.NC(=O)C(=O)N(Cc1ccccc1)Cc1ncccc1Cl. The zero-order valence-corrected chi connectivity index (χ0v) is 25.4. The van der Waals surface area contributed by atoms with Crippen LogP contribution in [-0.4, -0.2) is 50.1 Å². The largest absolute Gasteiger partial charge is 0.459 e. The van der Waals surface area contributed by atoms with Crippen molar-refractivity contribution in [2.75, 3.05) is 6.61 Å². The molecule has 0 atom stereocenters. The number of nitrogens with zero attached hydrogens (tertiary/aromatic N) is 4. The monoisotopic (exact) mass is 635 g/mol. The summed E-state index contributed by atoms with van der Waals surface area (Å²) in [6.07, 6.45) is 3.17. The quantitative estimate of drug-likeness (QED) is 0.210. The molecule has 228 valence electrons. The lowest BCUT2D eigenvalue weighted by Crippen LogP contribution is -2.39. The van der Waals surface area contributed by atoms with Gasteiger partial charge in [0, 0.05) is 25.5 Å². The minimum atomic E-state index is -1.00. The Hall–Kier alpha value is -4.80. The Morgan fingerprint density at radius 3 is 1.48 bits per heavy atom. The lowest BCUT2D eigenvalue weighted by atomic mass is 10.2. The summed E-state index contributed by atoms with van der Waals surface area (Å²) in [5.74, 6) is -3.36. The van der Waals surface area contributed by atoms with E-state index in [1.165, 1.54) is 9.80 Å². The van der Waals surface area contributed by atoms with Gasteiger partial charge in [0.2, 0.25) is 0 Å². The van der Waals surface area contributed by atoms with Gasteiger partial charge in [0.05, 0.1) is 41.1 Å². The van der Waals surface area contributed by atoms with Gasteiger partial charge < -0.3 is 20.3 Å². The molecule has 2 heterocycles. The highest BCUT2D eigenvalue weighted by Gasteiger charge is 2.25. The third-order valence-corrected chi connectivity index (χ3v) is 6.71. The van der Waals surface area contributed by atoms with E-state index in [0.717, 1.165) is 11.1 Å². The van der Waals surface area contributed by atoms with Crippen LogP contribution in [0.1, 0.15) is 29.4 Å². The molecule has 0 aliphatic heterocycles. The summed E-state index contributed by atoms with van der Waals surface area (Å²) in [5.41, 5.74) is 7.94. The summed E-state index contributed by atoms with van der Waals surface area (Å²) in [5, 5.41) is 0.884. The van der Waals surface area contributed by atoms with Crippen molar-refractivity contribution in [2.45, 2.75) is 33.1 Å². The van der Waals surface area contributed by atoms with Gasteiger partial charge in [-0.15, -0.1) is 0 Å². The van der Waals surface area contributed by atoms with E-state index in [1.807, 2.05) is 60.7 Å². The van der Waals surface area contributed by atoms with Crippen molar-refractivity contribution in [3.8, 4) is 0 Å². The molecule has 2 aromatic heterocycles. The van der Waals surface area contributed by atoms with Crippen LogP contribution in [0, 0.1) is 0 Å². The van der Waals surface area contributed by atoms with Crippen LogP contribution in [0.4, 0.5) is 0 Å². The van der Waals surface area contributed by atoms with E-state index < -0.39 is 23.7 Å². The van der Waals surface area contributed by atoms with E-state index in [-0.39, 0.29) is 32.8 Å². The molecule has 2 N–H and O–H groups in total. The van der Waals surface area contributed by atoms with Crippen molar-refractivity contribution < 1.29 is 23.9 Å². The Balaban J connectivity index is 0.000000241. The van der Waals surface area contributed by atoms with E-state index >= 15 is 0 Å². The van der Waals surface area contributed by atoms with Gasteiger partial charge in [0.1, 0.15) is 0 Å². The van der Waals surface area contributed by atoms with Crippen LogP contribution in [-0.2, 0) is 50.1 Å². The molecule has 0 radical (unpaired) electrons. The summed E-state index contributed by atoms with van der Waals surface area (Å²) in [6, 6.07) is 25.5. The van der Waals surface area contributed by atoms with Gasteiger partial charge in [0.15, 0.2) is 0 Å². The summed E-state index contributed by atoms with van der Waals surface area (Å²) in [6.45, 7) is 2.58. The number of halogens is 2. The number of pyridine rings is 2. The predicted octanol–water partition coefficient (Wildman–Crippen LogP) is 4.58. The number of carbonyl (C=O) groups is 4. The molecular weight excluding hydrogens is 605 g/mol. The Morgan fingerprint density at radius 1 is 0.659 bits per heavy atom. The van der Waals surface area contributed by atoms with E-state index in [4.69, 9.17) is 33.7 Å². The summed E-state index contributed by atoms with van der Waals surface area (Å²) in [4.78, 5) is 58.2. The maximum Gasteiger partial charge on any atom is 0.397 e. The van der Waals surface area contributed by atoms with Gasteiger partial charge in [-0.2, -0.15) is 0 Å². The van der Waals surface area contributed by atoms with Crippen LogP contribution in [0.5, 0.6) is 0 Å². The van der Waals surface area contributed by atoms with Crippen molar-refractivity contribution in [1.82, 2.24) is 19.8 Å². The maximum atomic E-state index is 12.3. The molecule has 0 unspecified atom stereocenters. The number of primary amides is 1. The van der Waals surface area contributed by atoms with Crippen LogP contribution in [0.2, 0.25) is 10.0 Å². The number of hydrogen-bond acceptors (Lipinski definition) is 7. The maximum absolute atomic E-state index is 12.3. The van der Waals surface area contributed by atoms with Crippen molar-refractivity contribution in [3.05, 3.63) is 130 Å². The number of ether oxygens (including phenoxy) is 1. The first-order valence-corrected chi connectivity index (χ1v) is 14.3. The minimum absolute atomic E-state index is 0.121. The molecule has 0 spiro atoms. The predicted molar refractivity (Wildman–Crippen MR) is 166 cm³/mol. The number of aromatic nitrogens is 2. The van der Waals surface area contributed by atoms with Gasteiger partial charge in [0.25, 0.3) is 0 Å². The van der Waals surface area contributed by atoms with Gasteiger partial charge in [-0.25, -0.2) is 4.79 Å². The fourth-order valence-electron chi connectivity index (χ4n) is 3.92. The zero-order chi connectivity index (χ0) is 31.9. The molecule has 12 heteroatoms. The molecular formula is C32H31Cl2N5O5. The van der Waals surface area contributed by atoms with Crippen LogP contribution in [0.15, 0.2) is 97.3 Å². The molecule has 3 amide bonds. The third-order valence-electron chi connectivity index (χ3n) is 6.02. The van der Waals surface area contributed by atoms with Crippen LogP contribution in [0.25, 0.3) is 0 Å². The zero-order valence-electron chi connectivity index (χ0n) is 23.9. The standard InChI is InChI=1S/C17H17ClN2O3.C15H14ClN3O2/c1-2-23-17(22)16(21)20(11-13-7-4-3-5-8-13)12-15-14(18)9-6-10-19-15;16-12-7-4-8-18-13(12)10-19(15(21)14(17)20)9-11-5-2-1-3-6-11/h3-10H,2,11-12H2,1H3;1-8H,9-10H2,(H2,17,20). The average Bonchev–Trinajstić information content (AvgIpc) is 3.03. The average molecular weight is 637 g/mol. The molecule has 0 aliphatic rings. The second kappa shape index (κ2) is 17.3. The smallest absolute Gasteiger partial charge is 0.397 e. The van der Waals surface area contributed by atoms with E-state index in [1.54, 1.807) is 43.6 Å². The molecule has 0 fully saturated rings. The van der Waals surface area contributed by atoms with Crippen molar-refractivity contribution in [3.63, 3.8) is 0 Å². The van der Waals surface area contributed by atoms with Crippen LogP contribution >= 0.6 is 23.2 Å². The molecule has 10 nitrogen and oxygen atoms in total. The topological polar surface area (TPSA) is 136 Å². The summed E-state index contributed by atoms with van der Waals surface area (Å²) < 4.78 is 4.81. The van der Waals surface area contributed by atoms with E-state index in [0.29, 0.717) is 21.4 Å². The number of nitrogens with two attached hydrogens (primary N) is 1. The number of benzene rings is 2. The molecule has 0 aliphatic carbocycles. The number of carbonyl (C=O) groups excluding carboxylic acids is 4. The molecule has 0 saturated carbocycles. The summed E-state index contributed by atoms with van der Waals surface area (Å²) >= 11 is 12.1. The lowest BCUT2D eigenvalue weighted by Gasteiger charge is -2.21. The molecule has 0 saturated heterocycles. The van der Waals surface area contributed by atoms with Crippen molar-refractivity contribution in [2.24, 2.45) is 5.73 Å². The first-order valence-electron chi connectivity index (χ1n) is 13.5. The Labute approximate surface area is 265 Å². The second-order valence-corrected chi connectivity index (χ2v) is 10.1. The number of rotatable bonds is 9. The van der Waals surface area contributed by atoms with Crippen LogP contribution in [0.3, 0.4) is 0 Å². The van der Waals surface area contributed by atoms with Gasteiger partial charge in [-0.05, 0) is 42.3 Å². The normalized spacial score (nSPS) is 10.2. The Morgan fingerprint density at radius 2 is 1.09 bits per heavy atom. The molecule has 0 bridgehead atoms. The number of esters is 1. The fourth-order valence-corrected chi connectivity index (χ4v) is 4.28. The highest BCUT2D eigenvalue weighted by molar-refractivity contribution is 6.34. The first-order chi connectivity index (χ1) is 21.2. The highest BCUT2D eigenvalue weighted by atomic mass is 35.5. The van der Waals surface area contributed by atoms with Crippen LogP contribution < -0.4 is 5.73 Å². The fraction of sp³-hybridized carbons (Fsp3) is 0.188. The van der Waals surface area contributed by atoms with Crippen molar-refractivity contribution >= 4 is 46.9 Å². The van der Waals surface area contributed by atoms with Gasteiger partial charge >= 0.3 is 23.7 Å². The van der Waals surface area contributed by atoms with E-state index in [9.17, 15) is 19.2 Å². The Kier molecular flexibility index (Phi) is 13.3. The minimum Gasteiger partial charge on any atom is -0.459 e. The van der Waals surface area contributed by atoms with E-state index in [2.05, 4.69) is 9.97 Å². The lowest BCUT2D eigenvalue weighted by molar-refractivity contribution is -0.160. The number of amides is 3. The van der Waals surface area contributed by atoms with Crippen molar-refractivity contribution in [1.29, 1.82) is 0 Å². The number of hydrogen-bond donors (Lipinski definition) is 1. The molecule has 4 aromatic rings. The van der Waals surface area contributed by atoms with Gasteiger partial charge in [-0.1, -0.05) is 83.9 Å². The Bertz CT molecular complexity index is 1560. The highest BCUT2D eigenvalue weighted by Crippen LogP contribution is 2.18. The molecule has 2 aromatic carbocycles. The summed E-state index contributed by atoms with van der Waals surface area (Å²) in [7, 11) is 0. The second-order valence-electron chi connectivity index (χ2n) is 9.24. The first kappa shape index (κ1) is 33.7. The molecule has 4 rings (SSSR count). The molecule has 44 heavy (non-hydrogen) atoms. The third kappa shape index (κ3) is 10.5.